The summed E-state index contributed by atoms with van der Waals surface area (Å²) in [7, 11) is 3.22. The molecule has 2 aromatic rings. The largest absolute Gasteiger partial charge is 0.350 e. The van der Waals surface area contributed by atoms with Crippen LogP contribution < -0.4 is 0 Å². The molecule has 0 saturated heterocycles. The van der Waals surface area contributed by atoms with Gasteiger partial charge in [-0.25, -0.2) is 4.98 Å². The number of aromatic nitrogens is 1. The first-order chi connectivity index (χ1) is 8.65. The Morgan fingerprint density at radius 3 is 2.61 bits per heavy atom. The van der Waals surface area contributed by atoms with Crippen LogP contribution in [0, 0.1) is 6.92 Å². The maximum atomic E-state index is 5.20. The molecule has 18 heavy (non-hydrogen) atoms. The summed E-state index contributed by atoms with van der Waals surface area (Å²) in [6.07, 6.45) is -0.397. The molecule has 0 aliphatic carbocycles. The minimum Gasteiger partial charge on any atom is -0.350 e. The van der Waals surface area contributed by atoms with Gasteiger partial charge in [0.25, 0.3) is 0 Å². The van der Waals surface area contributed by atoms with E-state index in [0.717, 1.165) is 20.7 Å². The van der Waals surface area contributed by atoms with Crippen LogP contribution in [0.15, 0.2) is 28.1 Å². The highest BCUT2D eigenvalue weighted by atomic mass is 79.9. The summed E-state index contributed by atoms with van der Waals surface area (Å²) in [4.78, 5) is 4.57. The van der Waals surface area contributed by atoms with Gasteiger partial charge in [0.2, 0.25) is 6.29 Å². The maximum absolute atomic E-state index is 5.20. The van der Waals surface area contributed by atoms with E-state index in [1.54, 1.807) is 25.6 Å². The molecule has 0 aliphatic rings. The van der Waals surface area contributed by atoms with Crippen LogP contribution in [0.25, 0.3) is 10.6 Å². The highest BCUT2D eigenvalue weighted by molar-refractivity contribution is 9.10. The van der Waals surface area contributed by atoms with Crippen molar-refractivity contribution >= 4 is 27.3 Å². The van der Waals surface area contributed by atoms with Crippen molar-refractivity contribution in [2.75, 3.05) is 14.2 Å². The predicted molar refractivity (Wildman–Crippen MR) is 76.7 cm³/mol. The van der Waals surface area contributed by atoms with Gasteiger partial charge < -0.3 is 9.47 Å². The van der Waals surface area contributed by atoms with Crippen molar-refractivity contribution in [3.05, 3.63) is 39.3 Å². The molecule has 2 rings (SSSR count). The van der Waals surface area contributed by atoms with Gasteiger partial charge in [0.05, 0.1) is 0 Å². The number of methoxy groups -OCH3 is 2. The molecule has 0 atom stereocenters. The van der Waals surface area contributed by atoms with Crippen molar-refractivity contribution in [3.8, 4) is 10.6 Å². The Morgan fingerprint density at radius 2 is 2.00 bits per heavy atom. The number of nitrogens with zero attached hydrogens (tertiary/aromatic N) is 1. The number of aryl methyl sites for hydroxylation is 1. The third-order valence-corrected chi connectivity index (χ3v) is 4.00. The van der Waals surface area contributed by atoms with Gasteiger partial charge >= 0.3 is 0 Å². The first kappa shape index (κ1) is 13.7. The zero-order valence-electron chi connectivity index (χ0n) is 10.4. The molecule has 0 fully saturated rings. The zero-order chi connectivity index (χ0) is 13.1. The third-order valence-electron chi connectivity index (χ3n) is 2.61. The van der Waals surface area contributed by atoms with Crippen molar-refractivity contribution in [3.63, 3.8) is 0 Å². The number of rotatable bonds is 4. The zero-order valence-corrected chi connectivity index (χ0v) is 12.8. The standard InChI is InChI=1S/C13H14BrNO2S/c1-8-6-9(14)4-5-10(8)12-15-11(7-18-12)13(16-2)17-3/h4-7,13H,1-3H3. The Balaban J connectivity index is 2.34. The Hall–Kier alpha value is -0.750. The van der Waals surface area contributed by atoms with E-state index in [1.807, 2.05) is 11.4 Å². The minimum atomic E-state index is -0.397. The van der Waals surface area contributed by atoms with E-state index in [0.29, 0.717) is 0 Å². The predicted octanol–water partition coefficient (Wildman–Crippen LogP) is 4.17. The molecular weight excluding hydrogens is 314 g/mol. The van der Waals surface area contributed by atoms with Crippen molar-refractivity contribution in [2.24, 2.45) is 0 Å². The van der Waals surface area contributed by atoms with Crippen LogP contribution in [0.3, 0.4) is 0 Å². The molecule has 0 N–H and O–H groups in total. The summed E-state index contributed by atoms with van der Waals surface area (Å²) in [5.41, 5.74) is 3.14. The van der Waals surface area contributed by atoms with Gasteiger partial charge in [0.15, 0.2) is 0 Å². The fourth-order valence-corrected chi connectivity index (χ4v) is 3.11. The maximum Gasteiger partial charge on any atom is 0.201 e. The number of hydrogen-bond donors (Lipinski definition) is 0. The second-order valence-electron chi connectivity index (χ2n) is 3.84. The molecule has 96 valence electrons. The molecule has 0 bridgehead atoms. The average Bonchev–Trinajstić information content (AvgIpc) is 2.80. The molecule has 0 spiro atoms. The van der Waals surface area contributed by atoms with Crippen molar-refractivity contribution < 1.29 is 9.47 Å². The molecule has 1 aromatic heterocycles. The van der Waals surface area contributed by atoms with Crippen molar-refractivity contribution in [1.82, 2.24) is 4.98 Å². The van der Waals surface area contributed by atoms with E-state index in [1.165, 1.54) is 5.56 Å². The number of hydrogen-bond acceptors (Lipinski definition) is 4. The minimum absolute atomic E-state index is 0.397. The summed E-state index contributed by atoms with van der Waals surface area (Å²) < 4.78 is 11.5. The van der Waals surface area contributed by atoms with Gasteiger partial charge in [-0.3, -0.25) is 0 Å². The second-order valence-corrected chi connectivity index (χ2v) is 5.61. The molecule has 0 unspecified atom stereocenters. The monoisotopic (exact) mass is 327 g/mol. The van der Waals surface area contributed by atoms with Gasteiger partial charge in [-0.15, -0.1) is 11.3 Å². The average molecular weight is 328 g/mol. The molecular formula is C13H14BrNO2S. The van der Waals surface area contributed by atoms with Gasteiger partial charge in [-0.1, -0.05) is 22.0 Å². The molecule has 0 saturated carbocycles. The SMILES string of the molecule is COC(OC)c1csc(-c2ccc(Br)cc2C)n1. The lowest BCUT2D eigenvalue weighted by atomic mass is 10.1. The van der Waals surface area contributed by atoms with Gasteiger partial charge in [0, 0.05) is 29.6 Å². The summed E-state index contributed by atoms with van der Waals surface area (Å²) in [6.45, 7) is 2.07. The lowest BCUT2D eigenvalue weighted by Gasteiger charge is -2.09. The second kappa shape index (κ2) is 5.93. The van der Waals surface area contributed by atoms with Crippen LogP contribution in [0.1, 0.15) is 17.5 Å². The fraction of sp³-hybridized carbons (Fsp3) is 0.308. The van der Waals surface area contributed by atoms with E-state index in [4.69, 9.17) is 9.47 Å². The number of ether oxygens (including phenoxy) is 2. The van der Waals surface area contributed by atoms with Gasteiger partial charge in [-0.2, -0.15) is 0 Å². The fourth-order valence-electron chi connectivity index (χ4n) is 1.72. The smallest absolute Gasteiger partial charge is 0.201 e. The van der Waals surface area contributed by atoms with Crippen LogP contribution in [-0.2, 0) is 9.47 Å². The molecule has 1 heterocycles. The van der Waals surface area contributed by atoms with E-state index in [9.17, 15) is 0 Å². The van der Waals surface area contributed by atoms with Gasteiger partial charge in [0.1, 0.15) is 10.7 Å². The summed E-state index contributed by atoms with van der Waals surface area (Å²) in [5, 5.41) is 2.95. The molecule has 3 nitrogen and oxygen atoms in total. The van der Waals surface area contributed by atoms with Crippen LogP contribution in [-0.4, -0.2) is 19.2 Å². The molecule has 1 aromatic carbocycles. The Kier molecular flexibility index (Phi) is 4.50. The number of benzene rings is 1. The molecule has 0 radical (unpaired) electrons. The van der Waals surface area contributed by atoms with Crippen molar-refractivity contribution in [2.45, 2.75) is 13.2 Å². The highest BCUT2D eigenvalue weighted by Gasteiger charge is 2.15. The van der Waals surface area contributed by atoms with Gasteiger partial charge in [-0.05, 0) is 24.6 Å². The van der Waals surface area contributed by atoms with Crippen LogP contribution in [0.5, 0.6) is 0 Å². The first-order valence-corrected chi connectivity index (χ1v) is 7.10. The van der Waals surface area contributed by atoms with E-state index < -0.39 is 6.29 Å². The number of halogens is 1. The molecule has 0 amide bonds. The summed E-state index contributed by atoms with van der Waals surface area (Å²) in [6, 6.07) is 6.17. The highest BCUT2D eigenvalue weighted by Crippen LogP contribution is 2.31. The Labute approximate surface area is 119 Å². The van der Waals surface area contributed by atoms with E-state index in [2.05, 4.69) is 40.0 Å². The summed E-state index contributed by atoms with van der Waals surface area (Å²) >= 11 is 5.06. The summed E-state index contributed by atoms with van der Waals surface area (Å²) in [5.74, 6) is 0. The topological polar surface area (TPSA) is 31.4 Å². The van der Waals surface area contributed by atoms with E-state index >= 15 is 0 Å². The van der Waals surface area contributed by atoms with Crippen LogP contribution >= 0.6 is 27.3 Å². The lowest BCUT2D eigenvalue weighted by Crippen LogP contribution is -2.03. The van der Waals surface area contributed by atoms with Crippen LogP contribution in [0.4, 0.5) is 0 Å². The Bertz CT molecular complexity index is 538. The number of thiazole rings is 1. The molecule has 5 heteroatoms. The normalized spacial score (nSPS) is 11.2. The first-order valence-electron chi connectivity index (χ1n) is 5.43. The lowest BCUT2D eigenvalue weighted by molar-refractivity contribution is -0.108. The van der Waals surface area contributed by atoms with Crippen molar-refractivity contribution in [1.29, 1.82) is 0 Å². The quantitative estimate of drug-likeness (QED) is 0.789. The van der Waals surface area contributed by atoms with Crippen LogP contribution in [0.2, 0.25) is 0 Å². The molecule has 0 aliphatic heterocycles. The third kappa shape index (κ3) is 2.80. The Morgan fingerprint density at radius 1 is 1.28 bits per heavy atom. The van der Waals surface area contributed by atoms with E-state index in [-0.39, 0.29) is 0 Å².